The Balaban J connectivity index is 2.61. The lowest BCUT2D eigenvalue weighted by Crippen LogP contribution is -2.22. The van der Waals surface area contributed by atoms with Gasteiger partial charge in [-0.2, -0.15) is 12.6 Å². The Morgan fingerprint density at radius 1 is 1.44 bits per heavy atom. The van der Waals surface area contributed by atoms with Crippen LogP contribution in [0.2, 0.25) is 0 Å². The first-order valence-electron chi connectivity index (χ1n) is 4.63. The molecule has 2 rings (SSSR count). The van der Waals surface area contributed by atoms with Crippen LogP contribution in [0, 0.1) is 0 Å². The van der Waals surface area contributed by atoms with E-state index in [0.29, 0.717) is 29.4 Å². The van der Waals surface area contributed by atoms with Gasteiger partial charge in [0.05, 0.1) is 12.1 Å². The number of nitrogens with two attached hydrogens (primary N) is 1. The molecule has 1 heterocycles. The highest BCUT2D eigenvalue weighted by atomic mass is 32.2. The topological polar surface area (TPSA) is 84.5 Å². The molecule has 7 heteroatoms. The molecular formula is C9H11N3O2S2. The zero-order valence-electron chi connectivity index (χ0n) is 8.34. The van der Waals surface area contributed by atoms with E-state index in [9.17, 15) is 8.42 Å². The van der Waals surface area contributed by atoms with Crippen LogP contribution in [0.5, 0.6) is 0 Å². The van der Waals surface area contributed by atoms with Crippen molar-refractivity contribution < 1.29 is 8.42 Å². The number of hydrogen-bond donors (Lipinski definition) is 3. The lowest BCUT2D eigenvalue weighted by atomic mass is 10.1. The molecule has 0 spiro atoms. The maximum absolute atomic E-state index is 11.7. The molecule has 0 radical (unpaired) electrons. The van der Waals surface area contributed by atoms with Crippen molar-refractivity contribution in [1.29, 1.82) is 0 Å². The second-order valence-corrected chi connectivity index (χ2v) is 5.38. The quantitative estimate of drug-likeness (QED) is 0.524. The molecule has 0 fully saturated rings. The molecule has 1 aromatic carbocycles. The van der Waals surface area contributed by atoms with Crippen molar-refractivity contribution in [3.63, 3.8) is 0 Å². The number of sulfonamides is 1. The van der Waals surface area contributed by atoms with Crippen molar-refractivity contribution in [3.05, 3.63) is 23.8 Å². The van der Waals surface area contributed by atoms with Crippen LogP contribution in [0.4, 0.5) is 5.69 Å². The molecule has 16 heavy (non-hydrogen) atoms. The number of amidine groups is 1. The number of nitrogens with one attached hydrogen (secondary N) is 1. The number of fused-ring (bicyclic) bond motifs is 1. The van der Waals surface area contributed by atoms with Crippen LogP contribution in [-0.2, 0) is 10.0 Å². The summed E-state index contributed by atoms with van der Waals surface area (Å²) in [5, 5.41) is 0. The summed E-state index contributed by atoms with van der Waals surface area (Å²) in [7, 11) is -3.49. The van der Waals surface area contributed by atoms with Gasteiger partial charge in [0.2, 0.25) is 0 Å². The SMILES string of the molecule is Nc1cccc2c1C(=NCCS)NS2(=O)=O. The fraction of sp³-hybridized carbons (Fsp3) is 0.222. The van der Waals surface area contributed by atoms with Crippen LogP contribution in [0.3, 0.4) is 0 Å². The maximum Gasteiger partial charge on any atom is 0.263 e. The van der Waals surface area contributed by atoms with E-state index in [1.165, 1.54) is 6.07 Å². The van der Waals surface area contributed by atoms with Gasteiger partial charge in [0.15, 0.2) is 0 Å². The molecule has 0 aliphatic carbocycles. The molecule has 0 bridgehead atoms. The molecule has 1 aliphatic heterocycles. The van der Waals surface area contributed by atoms with Crippen molar-refractivity contribution >= 4 is 34.2 Å². The Labute approximate surface area is 99.2 Å². The molecule has 86 valence electrons. The normalized spacial score (nSPS) is 19.4. The van der Waals surface area contributed by atoms with Crippen molar-refractivity contribution in [2.45, 2.75) is 4.90 Å². The van der Waals surface area contributed by atoms with Crippen LogP contribution in [0.1, 0.15) is 5.56 Å². The molecular weight excluding hydrogens is 246 g/mol. The highest BCUT2D eigenvalue weighted by Gasteiger charge is 2.32. The first kappa shape index (κ1) is 11.3. The summed E-state index contributed by atoms with van der Waals surface area (Å²) in [6.45, 7) is 0.439. The van der Waals surface area contributed by atoms with Gasteiger partial charge in [-0.3, -0.25) is 9.71 Å². The molecule has 0 amide bonds. The van der Waals surface area contributed by atoms with E-state index in [1.54, 1.807) is 12.1 Å². The van der Waals surface area contributed by atoms with Crippen molar-refractivity contribution in [2.24, 2.45) is 4.99 Å². The van der Waals surface area contributed by atoms with E-state index in [-0.39, 0.29) is 4.90 Å². The molecule has 0 atom stereocenters. The summed E-state index contributed by atoms with van der Waals surface area (Å²) in [5.41, 5.74) is 6.62. The van der Waals surface area contributed by atoms with Crippen LogP contribution in [0.15, 0.2) is 28.1 Å². The van der Waals surface area contributed by atoms with E-state index >= 15 is 0 Å². The lowest BCUT2D eigenvalue weighted by Gasteiger charge is -2.00. The summed E-state index contributed by atoms with van der Waals surface area (Å²) >= 11 is 4.02. The Bertz CT molecular complexity index is 552. The molecule has 0 saturated carbocycles. The number of benzene rings is 1. The number of nitrogens with zero attached hydrogens (tertiary/aromatic N) is 1. The number of hydrogen-bond acceptors (Lipinski definition) is 5. The standard InChI is InChI=1S/C9H11N3O2S2/c10-6-2-1-3-7-8(6)9(11-4-5-15)12-16(7,13)14/h1-3,15H,4-5,10H2,(H,11,12). The van der Waals surface area contributed by atoms with Gasteiger partial charge in [-0.1, -0.05) is 6.07 Å². The van der Waals surface area contributed by atoms with Crippen LogP contribution in [0.25, 0.3) is 0 Å². The van der Waals surface area contributed by atoms with E-state index in [1.807, 2.05) is 0 Å². The van der Waals surface area contributed by atoms with Crippen LogP contribution >= 0.6 is 12.6 Å². The van der Waals surface area contributed by atoms with Gasteiger partial charge in [-0.05, 0) is 12.1 Å². The average molecular weight is 257 g/mol. The lowest BCUT2D eigenvalue weighted by molar-refractivity contribution is 0.595. The van der Waals surface area contributed by atoms with E-state index in [0.717, 1.165) is 0 Å². The summed E-state index contributed by atoms with van der Waals surface area (Å²) in [6.07, 6.45) is 0. The molecule has 0 aromatic heterocycles. The summed E-state index contributed by atoms with van der Waals surface area (Å²) in [5.74, 6) is 0.856. The first-order chi connectivity index (χ1) is 7.56. The number of nitrogen functional groups attached to an aromatic ring is 1. The minimum atomic E-state index is -3.49. The predicted molar refractivity (Wildman–Crippen MR) is 66.4 cm³/mol. The fourth-order valence-electron chi connectivity index (χ4n) is 1.53. The molecule has 3 N–H and O–H groups in total. The second kappa shape index (κ2) is 3.99. The average Bonchev–Trinajstić information content (AvgIpc) is 2.49. The Kier molecular flexibility index (Phi) is 2.81. The summed E-state index contributed by atoms with van der Waals surface area (Å²) in [4.78, 5) is 4.30. The Morgan fingerprint density at radius 2 is 2.19 bits per heavy atom. The van der Waals surface area contributed by atoms with Crippen LogP contribution < -0.4 is 10.5 Å². The second-order valence-electron chi connectivity index (χ2n) is 3.28. The van der Waals surface area contributed by atoms with Gasteiger partial charge >= 0.3 is 0 Å². The van der Waals surface area contributed by atoms with Gasteiger partial charge in [0.25, 0.3) is 10.0 Å². The van der Waals surface area contributed by atoms with Gasteiger partial charge in [-0.15, -0.1) is 0 Å². The largest absolute Gasteiger partial charge is 0.398 e. The highest BCUT2D eigenvalue weighted by molar-refractivity contribution is 7.90. The van der Waals surface area contributed by atoms with E-state index in [2.05, 4.69) is 22.3 Å². The Hall–Kier alpha value is -1.21. The minimum absolute atomic E-state index is 0.186. The maximum atomic E-state index is 11.7. The smallest absolute Gasteiger partial charge is 0.263 e. The van der Waals surface area contributed by atoms with Crippen molar-refractivity contribution in [1.82, 2.24) is 4.72 Å². The monoisotopic (exact) mass is 257 g/mol. The van der Waals surface area contributed by atoms with Crippen molar-refractivity contribution in [3.8, 4) is 0 Å². The molecule has 5 nitrogen and oxygen atoms in total. The summed E-state index contributed by atoms with van der Waals surface area (Å²) in [6, 6.07) is 4.77. The molecule has 1 aromatic rings. The number of thiol groups is 1. The third-order valence-electron chi connectivity index (χ3n) is 2.19. The number of rotatable bonds is 2. The van der Waals surface area contributed by atoms with Gasteiger partial charge in [0, 0.05) is 11.4 Å². The minimum Gasteiger partial charge on any atom is -0.398 e. The van der Waals surface area contributed by atoms with Gasteiger partial charge < -0.3 is 5.73 Å². The zero-order chi connectivity index (χ0) is 11.8. The Morgan fingerprint density at radius 3 is 2.88 bits per heavy atom. The highest BCUT2D eigenvalue weighted by Crippen LogP contribution is 2.27. The number of anilines is 1. The molecule has 1 aliphatic rings. The van der Waals surface area contributed by atoms with Gasteiger partial charge in [-0.25, -0.2) is 8.42 Å². The fourth-order valence-corrected chi connectivity index (χ4v) is 2.90. The third-order valence-corrected chi connectivity index (χ3v) is 3.77. The molecule has 0 saturated heterocycles. The summed E-state index contributed by atoms with van der Waals surface area (Å²) < 4.78 is 25.8. The van der Waals surface area contributed by atoms with E-state index < -0.39 is 10.0 Å². The first-order valence-corrected chi connectivity index (χ1v) is 6.75. The molecule has 0 unspecified atom stereocenters. The van der Waals surface area contributed by atoms with Gasteiger partial charge in [0.1, 0.15) is 10.7 Å². The predicted octanol–water partition coefficient (Wildman–Crippen LogP) is 0.237. The zero-order valence-corrected chi connectivity index (χ0v) is 10.1. The third kappa shape index (κ3) is 1.76. The number of aliphatic imine (C=N–C) groups is 1. The van der Waals surface area contributed by atoms with Crippen molar-refractivity contribution in [2.75, 3.05) is 18.0 Å². The van der Waals surface area contributed by atoms with E-state index in [4.69, 9.17) is 5.73 Å². The van der Waals surface area contributed by atoms with Crippen LogP contribution in [-0.4, -0.2) is 26.6 Å².